The number of unbranched alkanes of at least 4 members (excludes halogenated alkanes) is 28. The van der Waals surface area contributed by atoms with Crippen molar-refractivity contribution in [3.8, 4) is 0 Å². The van der Waals surface area contributed by atoms with E-state index in [-0.39, 0.29) is 18.9 Å². The molecule has 448 valence electrons. The lowest BCUT2D eigenvalue weighted by Gasteiger charge is -2.46. The highest BCUT2D eigenvalue weighted by Crippen LogP contribution is 2.30. The van der Waals surface area contributed by atoms with Crippen LogP contribution in [0.15, 0.2) is 60.8 Å². The van der Waals surface area contributed by atoms with Gasteiger partial charge in [0.05, 0.1) is 32.0 Å². The van der Waals surface area contributed by atoms with Crippen LogP contribution in [0.5, 0.6) is 0 Å². The first-order valence-corrected chi connectivity index (χ1v) is 31.0. The number of amides is 1. The molecular formula is C63H113NO13. The zero-order valence-corrected chi connectivity index (χ0v) is 48.2. The first-order chi connectivity index (χ1) is 37.6. The van der Waals surface area contributed by atoms with Crippen LogP contribution in [0.4, 0.5) is 0 Å². The average Bonchev–Trinajstić information content (AvgIpc) is 3.43. The fourth-order valence-corrected chi connectivity index (χ4v) is 9.90. The molecule has 0 aromatic heterocycles. The summed E-state index contributed by atoms with van der Waals surface area (Å²) in [7, 11) is 0. The van der Waals surface area contributed by atoms with Crippen molar-refractivity contribution in [2.75, 3.05) is 19.8 Å². The number of ether oxygens (including phenoxy) is 4. The standard InChI is InChI=1S/C63H113NO13/c1-3-5-7-9-11-13-15-17-19-20-21-22-23-24-25-26-27-28-29-30-31-32-33-35-37-39-41-43-45-47-55(68)64-51(52(67)46-44-42-40-38-36-34-18-16-14-12-10-8-6-4-2)50-74-62-60(73)58(71)61(54(49-66)76-62)77-63-59(72)57(70)56(69)53(48-65)75-63/h15,17,20-21,23-24,36,38,44,46,51-54,56-63,65-67,69-73H,3-14,16,18-19,22,25-35,37,39-43,45,47-50H2,1-2H3,(H,64,68)/b17-15-,21-20-,24-23-,38-36+,46-44+. The van der Waals surface area contributed by atoms with E-state index in [1.807, 2.05) is 6.08 Å². The molecule has 9 N–H and O–H groups in total. The van der Waals surface area contributed by atoms with Crippen LogP contribution in [-0.4, -0.2) is 140 Å². The molecule has 0 aromatic rings. The lowest BCUT2D eigenvalue weighted by atomic mass is 9.97. The van der Waals surface area contributed by atoms with E-state index in [9.17, 15) is 45.6 Å². The Kier molecular flexibility index (Phi) is 44.5. The highest BCUT2D eigenvalue weighted by molar-refractivity contribution is 5.76. The van der Waals surface area contributed by atoms with Gasteiger partial charge < -0.3 is 65.1 Å². The van der Waals surface area contributed by atoms with Crippen molar-refractivity contribution in [1.29, 1.82) is 0 Å². The molecule has 2 aliphatic heterocycles. The Hall–Kier alpha value is -2.31. The van der Waals surface area contributed by atoms with Gasteiger partial charge in [-0.1, -0.05) is 222 Å². The van der Waals surface area contributed by atoms with Crippen molar-refractivity contribution >= 4 is 5.91 Å². The molecule has 12 atom stereocenters. The summed E-state index contributed by atoms with van der Waals surface area (Å²) in [5.74, 6) is -0.251. The Morgan fingerprint density at radius 1 is 0.468 bits per heavy atom. The summed E-state index contributed by atoms with van der Waals surface area (Å²) in [4.78, 5) is 13.3. The van der Waals surface area contributed by atoms with Crippen LogP contribution in [0.1, 0.15) is 239 Å². The number of rotatable bonds is 49. The monoisotopic (exact) mass is 1090 g/mol. The fraction of sp³-hybridized carbons (Fsp3) is 0.825. The largest absolute Gasteiger partial charge is 0.394 e. The van der Waals surface area contributed by atoms with E-state index in [1.54, 1.807) is 6.08 Å². The van der Waals surface area contributed by atoms with Crippen molar-refractivity contribution < 1.29 is 64.6 Å². The third-order valence-electron chi connectivity index (χ3n) is 14.9. The molecule has 77 heavy (non-hydrogen) atoms. The Morgan fingerprint density at radius 3 is 1.36 bits per heavy atom. The topological polar surface area (TPSA) is 228 Å². The number of nitrogens with one attached hydrogen (secondary N) is 1. The molecule has 0 saturated carbocycles. The predicted octanol–water partition coefficient (Wildman–Crippen LogP) is 10.9. The number of allylic oxidation sites excluding steroid dienone is 9. The molecule has 0 aromatic carbocycles. The van der Waals surface area contributed by atoms with Gasteiger partial charge in [0.25, 0.3) is 0 Å². The van der Waals surface area contributed by atoms with Crippen LogP contribution in [0.3, 0.4) is 0 Å². The first-order valence-electron chi connectivity index (χ1n) is 31.0. The number of carbonyl (C=O) groups excluding carboxylic acids is 1. The quantitative estimate of drug-likeness (QED) is 0.0204. The summed E-state index contributed by atoms with van der Waals surface area (Å²) in [5, 5.41) is 87.0. The molecule has 2 heterocycles. The summed E-state index contributed by atoms with van der Waals surface area (Å²) < 4.78 is 22.7. The second kappa shape index (κ2) is 48.4. The predicted molar refractivity (Wildman–Crippen MR) is 309 cm³/mol. The second-order valence-electron chi connectivity index (χ2n) is 21.8. The molecule has 12 unspecified atom stereocenters. The number of aliphatic hydroxyl groups is 8. The molecule has 14 nitrogen and oxygen atoms in total. The van der Waals surface area contributed by atoms with Crippen molar-refractivity contribution in [2.24, 2.45) is 0 Å². The van der Waals surface area contributed by atoms with Gasteiger partial charge in [-0.3, -0.25) is 4.79 Å². The second-order valence-corrected chi connectivity index (χ2v) is 21.8. The third-order valence-corrected chi connectivity index (χ3v) is 14.9. The van der Waals surface area contributed by atoms with E-state index < -0.39 is 86.8 Å². The van der Waals surface area contributed by atoms with Crippen molar-refractivity contribution in [2.45, 2.75) is 312 Å². The number of hydrogen-bond donors (Lipinski definition) is 9. The van der Waals surface area contributed by atoms with Crippen molar-refractivity contribution in [1.82, 2.24) is 5.32 Å². The van der Waals surface area contributed by atoms with E-state index in [0.29, 0.717) is 12.8 Å². The van der Waals surface area contributed by atoms with Gasteiger partial charge >= 0.3 is 0 Å². The van der Waals surface area contributed by atoms with E-state index in [4.69, 9.17) is 18.9 Å². The van der Waals surface area contributed by atoms with E-state index in [0.717, 1.165) is 44.9 Å². The van der Waals surface area contributed by atoms with Crippen LogP contribution in [0.2, 0.25) is 0 Å². The van der Waals surface area contributed by atoms with Crippen molar-refractivity contribution in [3.05, 3.63) is 60.8 Å². The molecule has 14 heteroatoms. The maximum absolute atomic E-state index is 13.3. The van der Waals surface area contributed by atoms with Gasteiger partial charge in [0.15, 0.2) is 12.6 Å². The Bertz CT molecular complexity index is 1520. The molecule has 2 fully saturated rings. The molecule has 2 rings (SSSR count). The van der Waals surface area contributed by atoms with Gasteiger partial charge in [0.2, 0.25) is 5.91 Å². The van der Waals surface area contributed by atoms with Gasteiger partial charge in [-0.25, -0.2) is 0 Å². The zero-order chi connectivity index (χ0) is 56.0. The lowest BCUT2D eigenvalue weighted by Crippen LogP contribution is -2.65. The molecule has 0 bridgehead atoms. The van der Waals surface area contributed by atoms with Gasteiger partial charge in [-0.15, -0.1) is 0 Å². The van der Waals surface area contributed by atoms with Crippen molar-refractivity contribution in [3.63, 3.8) is 0 Å². The van der Waals surface area contributed by atoms with E-state index >= 15 is 0 Å². The minimum absolute atomic E-state index is 0.251. The zero-order valence-electron chi connectivity index (χ0n) is 48.2. The number of carbonyl (C=O) groups is 1. The van der Waals surface area contributed by atoms with Crippen LogP contribution in [-0.2, 0) is 23.7 Å². The lowest BCUT2D eigenvalue weighted by molar-refractivity contribution is -0.359. The van der Waals surface area contributed by atoms with Gasteiger partial charge in [-0.2, -0.15) is 0 Å². The van der Waals surface area contributed by atoms with Gasteiger partial charge in [0.1, 0.15) is 48.8 Å². The summed E-state index contributed by atoms with van der Waals surface area (Å²) in [5.41, 5.74) is 0. The first kappa shape index (κ1) is 70.8. The van der Waals surface area contributed by atoms with Crippen LogP contribution < -0.4 is 5.32 Å². The molecule has 0 radical (unpaired) electrons. The molecule has 2 aliphatic rings. The molecule has 0 spiro atoms. The van der Waals surface area contributed by atoms with Crippen LogP contribution >= 0.6 is 0 Å². The highest BCUT2D eigenvalue weighted by Gasteiger charge is 2.51. The minimum Gasteiger partial charge on any atom is -0.394 e. The molecular weight excluding hydrogens is 979 g/mol. The van der Waals surface area contributed by atoms with Gasteiger partial charge in [-0.05, 0) is 70.6 Å². The average molecular weight is 1090 g/mol. The normalized spacial score (nSPS) is 25.1. The highest BCUT2D eigenvalue weighted by atomic mass is 16.7. The Balaban J connectivity index is 1.70. The summed E-state index contributed by atoms with van der Waals surface area (Å²) >= 11 is 0. The SMILES string of the molecule is CCCCCCC/C=C\C/C=C\C/C=C\CCCCCCCCCCCCCCCCC(=O)NC(COC1OC(CO)C(OC2OC(CO)C(O)C(O)C2O)C(O)C1O)C(O)/C=C/CC/C=C/CCCCCCCCCC. The van der Waals surface area contributed by atoms with Crippen LogP contribution in [0.25, 0.3) is 0 Å². The third kappa shape index (κ3) is 33.9. The van der Waals surface area contributed by atoms with Gasteiger partial charge in [0, 0.05) is 6.42 Å². The van der Waals surface area contributed by atoms with Crippen LogP contribution in [0, 0.1) is 0 Å². The summed E-state index contributed by atoms with van der Waals surface area (Å²) in [6, 6.07) is -0.933. The molecule has 0 aliphatic carbocycles. The van der Waals surface area contributed by atoms with E-state index in [1.165, 1.54) is 161 Å². The van der Waals surface area contributed by atoms with E-state index in [2.05, 4.69) is 67.8 Å². The molecule has 2 saturated heterocycles. The Morgan fingerprint density at radius 2 is 0.870 bits per heavy atom. The maximum atomic E-state index is 13.3. The Labute approximate surface area is 466 Å². The number of hydrogen-bond acceptors (Lipinski definition) is 13. The smallest absolute Gasteiger partial charge is 0.220 e. The number of aliphatic hydroxyl groups excluding tert-OH is 8. The fourth-order valence-electron chi connectivity index (χ4n) is 9.90. The molecule has 1 amide bonds. The maximum Gasteiger partial charge on any atom is 0.220 e. The summed E-state index contributed by atoms with van der Waals surface area (Å²) in [6.07, 6.45) is 45.6. The minimum atomic E-state index is -1.79. The summed E-state index contributed by atoms with van der Waals surface area (Å²) in [6.45, 7) is 2.76.